The van der Waals surface area contributed by atoms with Crippen LogP contribution in [0.3, 0.4) is 0 Å². The van der Waals surface area contributed by atoms with Gasteiger partial charge in [-0.25, -0.2) is 4.98 Å². The van der Waals surface area contributed by atoms with Crippen molar-refractivity contribution in [3.05, 3.63) is 64.3 Å². The second-order valence-corrected chi connectivity index (χ2v) is 8.86. The van der Waals surface area contributed by atoms with Crippen LogP contribution in [0.15, 0.2) is 41.4 Å². The molecule has 1 aliphatic carbocycles. The monoisotopic (exact) mass is 431 g/mol. The third-order valence-electron chi connectivity index (χ3n) is 5.87. The minimum atomic E-state index is 0.0173. The van der Waals surface area contributed by atoms with E-state index in [4.69, 9.17) is 9.72 Å². The normalized spacial score (nSPS) is 12.5. The molecule has 2 aromatic carbocycles. The van der Waals surface area contributed by atoms with E-state index in [-0.39, 0.29) is 11.7 Å². The third kappa shape index (κ3) is 4.38. The summed E-state index contributed by atoms with van der Waals surface area (Å²) < 4.78 is 5.28. The van der Waals surface area contributed by atoms with Gasteiger partial charge in [0, 0.05) is 19.3 Å². The smallest absolute Gasteiger partial charge is 0.233 e. The van der Waals surface area contributed by atoms with Crippen LogP contribution in [0.25, 0.3) is 10.8 Å². The predicted octanol–water partition coefficient (Wildman–Crippen LogP) is 4.66. The number of carbonyl (C=O) groups is 1. The summed E-state index contributed by atoms with van der Waals surface area (Å²) in [5.41, 5.74) is 5.03. The highest BCUT2D eigenvalue weighted by molar-refractivity contribution is 8.00. The molecule has 4 rings (SSSR count). The van der Waals surface area contributed by atoms with Gasteiger partial charge >= 0.3 is 0 Å². The lowest BCUT2D eigenvalue weighted by molar-refractivity contribution is -0.127. The second kappa shape index (κ2) is 8.99. The number of hydrogen-bond acceptors (Lipinski definition) is 5. The number of nitriles is 1. The van der Waals surface area contributed by atoms with Crippen molar-refractivity contribution in [2.45, 2.75) is 37.8 Å². The van der Waals surface area contributed by atoms with Gasteiger partial charge in [-0.15, -0.1) is 0 Å². The molecule has 158 valence electrons. The van der Waals surface area contributed by atoms with Gasteiger partial charge in [0.15, 0.2) is 0 Å². The molecule has 5 nitrogen and oxygen atoms in total. The van der Waals surface area contributed by atoms with E-state index in [2.05, 4.69) is 18.2 Å². The summed E-state index contributed by atoms with van der Waals surface area (Å²) in [5.74, 6) is 1.11. The van der Waals surface area contributed by atoms with Gasteiger partial charge in [-0.3, -0.25) is 4.79 Å². The molecule has 0 saturated carbocycles. The molecule has 1 heterocycles. The van der Waals surface area contributed by atoms with Crippen molar-refractivity contribution in [2.24, 2.45) is 0 Å². The van der Waals surface area contributed by atoms with Crippen molar-refractivity contribution in [3.63, 3.8) is 0 Å². The third-order valence-corrected chi connectivity index (χ3v) is 6.83. The Kier molecular flexibility index (Phi) is 6.15. The maximum atomic E-state index is 12.8. The number of aryl methyl sites for hydroxylation is 1. The van der Waals surface area contributed by atoms with Crippen molar-refractivity contribution >= 4 is 28.4 Å². The Balaban J connectivity index is 1.43. The fourth-order valence-corrected chi connectivity index (χ4v) is 5.08. The number of aromatic nitrogens is 1. The molecule has 0 aliphatic heterocycles. The van der Waals surface area contributed by atoms with Crippen molar-refractivity contribution < 1.29 is 9.53 Å². The first-order valence-electron chi connectivity index (χ1n) is 10.4. The number of nitrogens with zero attached hydrogens (tertiary/aromatic N) is 3. The Labute approximate surface area is 187 Å². The molecule has 0 unspecified atom stereocenters. The maximum Gasteiger partial charge on any atom is 0.233 e. The minimum absolute atomic E-state index is 0.0173. The lowest BCUT2D eigenvalue weighted by Gasteiger charge is -2.18. The number of ether oxygens (including phenoxy) is 1. The van der Waals surface area contributed by atoms with Gasteiger partial charge in [-0.05, 0) is 71.8 Å². The number of benzene rings is 2. The van der Waals surface area contributed by atoms with E-state index < -0.39 is 0 Å². The van der Waals surface area contributed by atoms with E-state index in [0.29, 0.717) is 17.1 Å². The fourth-order valence-electron chi connectivity index (χ4n) is 4.08. The summed E-state index contributed by atoms with van der Waals surface area (Å²) in [7, 11) is 3.47. The maximum absolute atomic E-state index is 12.8. The molecule has 0 spiro atoms. The molecular formula is C25H25N3O2S. The Morgan fingerprint density at radius 2 is 2.00 bits per heavy atom. The number of fused-ring (bicyclic) bond motifs is 2. The summed E-state index contributed by atoms with van der Waals surface area (Å²) in [6.07, 6.45) is 3.04. The lowest BCUT2D eigenvalue weighted by Crippen LogP contribution is -2.27. The van der Waals surface area contributed by atoms with Gasteiger partial charge in [-0.2, -0.15) is 5.26 Å². The average Bonchev–Trinajstić information content (AvgIpc) is 3.26. The highest BCUT2D eigenvalue weighted by Gasteiger charge is 2.21. The molecule has 0 saturated heterocycles. The summed E-state index contributed by atoms with van der Waals surface area (Å²) in [4.78, 5) is 19.2. The molecule has 1 amide bonds. The van der Waals surface area contributed by atoms with E-state index in [1.807, 2.05) is 38.2 Å². The molecular weight excluding hydrogens is 406 g/mol. The van der Waals surface area contributed by atoms with Crippen LogP contribution in [-0.2, 0) is 24.2 Å². The first kappa shape index (κ1) is 21.2. The molecule has 0 radical (unpaired) electrons. The summed E-state index contributed by atoms with van der Waals surface area (Å²) in [5, 5.41) is 12.5. The number of hydrogen-bond donors (Lipinski definition) is 0. The predicted molar refractivity (Wildman–Crippen MR) is 123 cm³/mol. The van der Waals surface area contributed by atoms with Crippen LogP contribution in [0.1, 0.15) is 34.4 Å². The SMILES string of the molecule is COc1ccc2cc(CN(C)C(=O)CSc3nc4c(c(C)c3C#N)CCC4)ccc2c1. The van der Waals surface area contributed by atoms with Gasteiger partial charge in [0.25, 0.3) is 0 Å². The van der Waals surface area contributed by atoms with E-state index in [0.717, 1.165) is 52.6 Å². The summed E-state index contributed by atoms with van der Waals surface area (Å²) in [6, 6.07) is 14.5. The molecule has 6 heteroatoms. The number of thioether (sulfide) groups is 1. The molecule has 1 aromatic heterocycles. The average molecular weight is 432 g/mol. The number of rotatable bonds is 6. The second-order valence-electron chi connectivity index (χ2n) is 7.89. The Morgan fingerprint density at radius 3 is 2.77 bits per heavy atom. The molecule has 0 bridgehead atoms. The number of methoxy groups -OCH3 is 1. The highest BCUT2D eigenvalue weighted by atomic mass is 32.2. The van der Waals surface area contributed by atoms with Crippen LogP contribution in [0.5, 0.6) is 5.75 Å². The topological polar surface area (TPSA) is 66.2 Å². The van der Waals surface area contributed by atoms with Crippen LogP contribution in [0.2, 0.25) is 0 Å². The molecule has 31 heavy (non-hydrogen) atoms. The van der Waals surface area contributed by atoms with Crippen LogP contribution in [0, 0.1) is 18.3 Å². The first-order valence-corrected chi connectivity index (χ1v) is 11.3. The van der Waals surface area contributed by atoms with Crippen molar-refractivity contribution in [3.8, 4) is 11.8 Å². The van der Waals surface area contributed by atoms with E-state index in [9.17, 15) is 10.1 Å². The minimum Gasteiger partial charge on any atom is -0.497 e. The fraction of sp³-hybridized carbons (Fsp3) is 0.320. The van der Waals surface area contributed by atoms with Gasteiger partial charge in [0.05, 0.1) is 18.4 Å². The molecule has 3 aromatic rings. The van der Waals surface area contributed by atoms with E-state index >= 15 is 0 Å². The summed E-state index contributed by atoms with van der Waals surface area (Å²) >= 11 is 1.37. The standard InChI is InChI=1S/C25H25N3O2S/c1-16-21-5-4-6-23(21)27-25(22(16)13-26)31-15-24(29)28(2)14-17-7-8-19-12-20(30-3)10-9-18(19)11-17/h7-12H,4-6,14-15H2,1-3H3. The van der Waals surface area contributed by atoms with Crippen LogP contribution < -0.4 is 4.74 Å². The van der Waals surface area contributed by atoms with E-state index in [1.54, 1.807) is 12.0 Å². The van der Waals surface area contributed by atoms with E-state index in [1.165, 1.54) is 17.3 Å². The zero-order valence-electron chi connectivity index (χ0n) is 18.1. The van der Waals surface area contributed by atoms with Gasteiger partial charge < -0.3 is 9.64 Å². The molecule has 0 fully saturated rings. The van der Waals surface area contributed by atoms with Crippen LogP contribution >= 0.6 is 11.8 Å². The molecule has 0 atom stereocenters. The van der Waals surface area contributed by atoms with Crippen molar-refractivity contribution in [1.82, 2.24) is 9.88 Å². The molecule has 1 aliphatic rings. The largest absolute Gasteiger partial charge is 0.497 e. The van der Waals surface area contributed by atoms with Gasteiger partial charge in [-0.1, -0.05) is 30.0 Å². The number of carbonyl (C=O) groups excluding carboxylic acids is 1. The lowest BCUT2D eigenvalue weighted by atomic mass is 10.0. The Bertz CT molecular complexity index is 1200. The van der Waals surface area contributed by atoms with Crippen LogP contribution in [0.4, 0.5) is 0 Å². The number of amides is 1. The Morgan fingerprint density at radius 1 is 1.23 bits per heavy atom. The van der Waals surface area contributed by atoms with Gasteiger partial charge in [0.1, 0.15) is 16.8 Å². The van der Waals surface area contributed by atoms with Crippen molar-refractivity contribution in [1.29, 1.82) is 5.26 Å². The van der Waals surface area contributed by atoms with Crippen LogP contribution in [-0.4, -0.2) is 35.7 Å². The zero-order valence-corrected chi connectivity index (χ0v) is 18.9. The molecule has 0 N–H and O–H groups in total. The quantitative estimate of drug-likeness (QED) is 0.531. The highest BCUT2D eigenvalue weighted by Crippen LogP contribution is 2.31. The summed E-state index contributed by atoms with van der Waals surface area (Å²) in [6.45, 7) is 2.53. The zero-order chi connectivity index (χ0) is 22.0. The number of pyridine rings is 1. The first-order chi connectivity index (χ1) is 15.0. The van der Waals surface area contributed by atoms with Crippen molar-refractivity contribution in [2.75, 3.05) is 19.9 Å². The van der Waals surface area contributed by atoms with Gasteiger partial charge in [0.2, 0.25) is 5.91 Å². The Hall–Kier alpha value is -3.04.